The summed E-state index contributed by atoms with van der Waals surface area (Å²) in [5, 5.41) is 27.3. The standard InChI is InChI=1S/C24H36N4O4/c1-31-23-7-3-19(4-8-23)25-15-21(29)17-27-11-13-28(14-12-27)18-22(30)16-26-20-5-9-24(32-2)10-6-20/h3-10,21-22,25-26,29-30H,11-18H2,1-2H3. The zero-order valence-electron chi connectivity index (χ0n) is 19.0. The Balaban J connectivity index is 1.29. The fourth-order valence-electron chi connectivity index (χ4n) is 3.77. The molecule has 2 unspecified atom stereocenters. The highest BCUT2D eigenvalue weighted by Gasteiger charge is 2.21. The summed E-state index contributed by atoms with van der Waals surface area (Å²) in [5.41, 5.74) is 1.93. The molecule has 2 aromatic rings. The number of hydrogen-bond donors (Lipinski definition) is 4. The monoisotopic (exact) mass is 444 g/mol. The zero-order valence-corrected chi connectivity index (χ0v) is 19.0. The van der Waals surface area contributed by atoms with E-state index < -0.39 is 12.2 Å². The fourth-order valence-corrected chi connectivity index (χ4v) is 3.77. The summed E-state index contributed by atoms with van der Waals surface area (Å²) in [6.45, 7) is 5.83. The second-order valence-corrected chi connectivity index (χ2v) is 8.13. The number of benzene rings is 2. The van der Waals surface area contributed by atoms with Gasteiger partial charge in [0.1, 0.15) is 11.5 Å². The number of methoxy groups -OCH3 is 2. The molecule has 0 bridgehead atoms. The van der Waals surface area contributed by atoms with Crippen LogP contribution in [0.25, 0.3) is 0 Å². The van der Waals surface area contributed by atoms with Gasteiger partial charge in [-0.15, -0.1) is 0 Å². The van der Waals surface area contributed by atoms with Crippen LogP contribution in [-0.2, 0) is 0 Å². The molecule has 1 aliphatic heterocycles. The highest BCUT2D eigenvalue weighted by molar-refractivity contribution is 5.47. The van der Waals surface area contributed by atoms with E-state index in [4.69, 9.17) is 9.47 Å². The first-order valence-electron chi connectivity index (χ1n) is 11.1. The second-order valence-electron chi connectivity index (χ2n) is 8.13. The number of β-amino-alcohol motifs (C(OH)–C–C–N with tert-alkyl or cyclic N) is 2. The minimum absolute atomic E-state index is 0.442. The van der Waals surface area contributed by atoms with Crippen molar-refractivity contribution in [2.24, 2.45) is 0 Å². The number of piperazine rings is 1. The first kappa shape index (κ1) is 24.1. The molecule has 32 heavy (non-hydrogen) atoms. The second kappa shape index (κ2) is 12.5. The van der Waals surface area contributed by atoms with Crippen LogP contribution < -0.4 is 20.1 Å². The highest BCUT2D eigenvalue weighted by atomic mass is 16.5. The van der Waals surface area contributed by atoms with Crippen LogP contribution in [-0.4, -0.2) is 98.8 Å². The molecule has 4 N–H and O–H groups in total. The Kier molecular flexibility index (Phi) is 9.43. The van der Waals surface area contributed by atoms with Crippen molar-refractivity contribution in [1.82, 2.24) is 9.80 Å². The maximum absolute atomic E-state index is 10.4. The van der Waals surface area contributed by atoms with Crippen LogP contribution in [0.15, 0.2) is 48.5 Å². The van der Waals surface area contributed by atoms with E-state index in [2.05, 4.69) is 20.4 Å². The first-order valence-corrected chi connectivity index (χ1v) is 11.1. The van der Waals surface area contributed by atoms with Gasteiger partial charge in [0.2, 0.25) is 0 Å². The molecule has 2 aromatic carbocycles. The van der Waals surface area contributed by atoms with Gasteiger partial charge in [-0.1, -0.05) is 0 Å². The topological polar surface area (TPSA) is 89.5 Å². The van der Waals surface area contributed by atoms with Gasteiger partial charge in [0, 0.05) is 63.7 Å². The summed E-state index contributed by atoms with van der Waals surface area (Å²) in [5.74, 6) is 1.63. The molecule has 0 amide bonds. The van der Waals surface area contributed by atoms with Crippen molar-refractivity contribution in [1.29, 1.82) is 0 Å². The van der Waals surface area contributed by atoms with Crippen molar-refractivity contribution < 1.29 is 19.7 Å². The number of rotatable bonds is 12. The average molecular weight is 445 g/mol. The van der Waals surface area contributed by atoms with Gasteiger partial charge < -0.3 is 30.3 Å². The molecular formula is C24H36N4O4. The minimum atomic E-state index is -0.442. The number of nitrogens with one attached hydrogen (secondary N) is 2. The number of anilines is 2. The van der Waals surface area contributed by atoms with Crippen molar-refractivity contribution in [2.45, 2.75) is 12.2 Å². The van der Waals surface area contributed by atoms with Crippen LogP contribution in [0.4, 0.5) is 11.4 Å². The smallest absolute Gasteiger partial charge is 0.119 e. The Bertz CT molecular complexity index is 712. The maximum atomic E-state index is 10.4. The van der Waals surface area contributed by atoms with E-state index in [1.54, 1.807) is 14.2 Å². The molecule has 8 nitrogen and oxygen atoms in total. The minimum Gasteiger partial charge on any atom is -0.497 e. The summed E-state index contributed by atoms with van der Waals surface area (Å²) < 4.78 is 10.3. The summed E-state index contributed by atoms with van der Waals surface area (Å²) in [4.78, 5) is 4.55. The van der Waals surface area contributed by atoms with Gasteiger partial charge in [-0.05, 0) is 48.5 Å². The number of hydrogen-bond acceptors (Lipinski definition) is 8. The number of ether oxygens (including phenoxy) is 2. The van der Waals surface area contributed by atoms with Gasteiger partial charge >= 0.3 is 0 Å². The molecule has 0 saturated carbocycles. The van der Waals surface area contributed by atoms with Gasteiger partial charge in [-0.3, -0.25) is 9.80 Å². The quantitative estimate of drug-likeness (QED) is 0.392. The molecule has 3 rings (SSSR count). The molecule has 2 atom stereocenters. The van der Waals surface area contributed by atoms with E-state index in [1.165, 1.54) is 0 Å². The number of aliphatic hydroxyl groups excluding tert-OH is 2. The van der Waals surface area contributed by atoms with Crippen molar-refractivity contribution in [3.05, 3.63) is 48.5 Å². The van der Waals surface area contributed by atoms with Gasteiger partial charge in [0.25, 0.3) is 0 Å². The molecule has 1 aliphatic rings. The summed E-state index contributed by atoms with van der Waals surface area (Å²) in [7, 11) is 3.29. The van der Waals surface area contributed by atoms with Crippen LogP contribution in [0, 0.1) is 0 Å². The van der Waals surface area contributed by atoms with Crippen molar-refractivity contribution in [3.8, 4) is 11.5 Å². The lowest BCUT2D eigenvalue weighted by molar-refractivity contribution is 0.0548. The number of nitrogens with zero attached hydrogens (tertiary/aromatic N) is 2. The van der Waals surface area contributed by atoms with Gasteiger partial charge in [0.15, 0.2) is 0 Å². The van der Waals surface area contributed by atoms with Gasteiger partial charge in [0.05, 0.1) is 26.4 Å². The van der Waals surface area contributed by atoms with E-state index in [-0.39, 0.29) is 0 Å². The summed E-state index contributed by atoms with van der Waals surface area (Å²) in [6.07, 6.45) is -0.883. The van der Waals surface area contributed by atoms with Crippen molar-refractivity contribution >= 4 is 11.4 Å². The first-order chi connectivity index (χ1) is 15.6. The predicted octanol–water partition coefficient (Wildman–Crippen LogP) is 1.57. The lowest BCUT2D eigenvalue weighted by Crippen LogP contribution is -2.51. The zero-order chi connectivity index (χ0) is 22.8. The lowest BCUT2D eigenvalue weighted by atomic mass is 10.2. The molecule has 1 heterocycles. The molecule has 1 fully saturated rings. The highest BCUT2D eigenvalue weighted by Crippen LogP contribution is 2.16. The van der Waals surface area contributed by atoms with Crippen molar-refractivity contribution in [3.63, 3.8) is 0 Å². The Labute approximate surface area is 190 Å². The Morgan fingerprint density at radius 2 is 1.03 bits per heavy atom. The third-order valence-corrected chi connectivity index (χ3v) is 5.67. The Morgan fingerprint density at radius 1 is 0.688 bits per heavy atom. The number of aliphatic hydroxyl groups is 2. The SMILES string of the molecule is COc1ccc(NCC(O)CN2CCN(CC(O)CNc3ccc(OC)cc3)CC2)cc1. The third-order valence-electron chi connectivity index (χ3n) is 5.67. The predicted molar refractivity (Wildman–Crippen MR) is 128 cm³/mol. The Morgan fingerprint density at radius 3 is 1.34 bits per heavy atom. The van der Waals surface area contributed by atoms with Crippen LogP contribution in [0.1, 0.15) is 0 Å². The lowest BCUT2D eigenvalue weighted by Gasteiger charge is -2.36. The Hall–Kier alpha value is -2.52. The van der Waals surface area contributed by atoms with Crippen LogP contribution in [0.5, 0.6) is 11.5 Å². The van der Waals surface area contributed by atoms with E-state index >= 15 is 0 Å². The van der Waals surface area contributed by atoms with E-state index in [0.29, 0.717) is 26.2 Å². The normalized spacial score (nSPS) is 16.9. The molecule has 0 spiro atoms. The fraction of sp³-hybridized carbons (Fsp3) is 0.500. The van der Waals surface area contributed by atoms with Crippen molar-refractivity contribution in [2.75, 3.05) is 77.2 Å². The molecule has 8 heteroatoms. The van der Waals surface area contributed by atoms with Gasteiger partial charge in [-0.2, -0.15) is 0 Å². The third kappa shape index (κ3) is 7.87. The molecular weight excluding hydrogens is 408 g/mol. The largest absolute Gasteiger partial charge is 0.497 e. The maximum Gasteiger partial charge on any atom is 0.119 e. The summed E-state index contributed by atoms with van der Waals surface area (Å²) in [6, 6.07) is 15.4. The van der Waals surface area contributed by atoms with E-state index in [9.17, 15) is 10.2 Å². The van der Waals surface area contributed by atoms with E-state index in [1.807, 2.05) is 48.5 Å². The van der Waals surface area contributed by atoms with Crippen LogP contribution in [0.3, 0.4) is 0 Å². The molecule has 1 saturated heterocycles. The van der Waals surface area contributed by atoms with Crippen LogP contribution in [0.2, 0.25) is 0 Å². The molecule has 0 aliphatic carbocycles. The molecule has 176 valence electrons. The average Bonchev–Trinajstić information content (AvgIpc) is 2.83. The van der Waals surface area contributed by atoms with E-state index in [0.717, 1.165) is 49.1 Å². The van der Waals surface area contributed by atoms with Gasteiger partial charge in [-0.25, -0.2) is 0 Å². The summed E-state index contributed by atoms with van der Waals surface area (Å²) >= 11 is 0. The molecule has 0 radical (unpaired) electrons. The van der Waals surface area contributed by atoms with Crippen LogP contribution >= 0.6 is 0 Å². The molecule has 0 aromatic heterocycles.